The Morgan fingerprint density at radius 1 is 1.26 bits per heavy atom. The number of hydrogen-bond donors (Lipinski definition) is 2. The zero-order valence-corrected chi connectivity index (χ0v) is 19.9. The molecule has 1 aromatic carbocycles. The van der Waals surface area contributed by atoms with Crippen LogP contribution in [0.3, 0.4) is 0 Å². The van der Waals surface area contributed by atoms with Crippen molar-refractivity contribution in [3.05, 3.63) is 39.8 Å². The Balaban J connectivity index is 1.78. The van der Waals surface area contributed by atoms with Gasteiger partial charge in [0.2, 0.25) is 0 Å². The number of piperazine rings is 1. The number of hydrazine groups is 1. The molecule has 6 nitrogen and oxygen atoms in total. The minimum atomic E-state index is -0.819. The van der Waals surface area contributed by atoms with Crippen molar-refractivity contribution < 1.29 is 9.90 Å². The number of fused-ring (bicyclic) bond motifs is 1. The van der Waals surface area contributed by atoms with Gasteiger partial charge in [-0.3, -0.25) is 5.84 Å². The summed E-state index contributed by atoms with van der Waals surface area (Å²) in [4.78, 5) is 19.3. The second kappa shape index (κ2) is 8.54. The number of benzene rings is 1. The molecule has 4 rings (SSSR count). The average Bonchev–Trinajstić information content (AvgIpc) is 3.05. The molecule has 168 valence electrons. The summed E-state index contributed by atoms with van der Waals surface area (Å²) in [6.45, 7) is 9.13. The van der Waals surface area contributed by atoms with Crippen molar-refractivity contribution >= 4 is 23.0 Å². The average molecular weight is 443 g/mol. The summed E-state index contributed by atoms with van der Waals surface area (Å²) in [5, 5.41) is 11.8. The Morgan fingerprint density at radius 3 is 2.61 bits per heavy atom. The third-order valence-corrected chi connectivity index (χ3v) is 7.94. The first kappa shape index (κ1) is 22.3. The quantitative estimate of drug-likeness (QED) is 0.544. The fraction of sp³-hybridized carbons (Fsp3) is 0.542. The third kappa shape index (κ3) is 4.65. The highest BCUT2D eigenvalue weighted by atomic mass is 32.1. The number of nitrogens with two attached hydrogens (primary N) is 1. The zero-order chi connectivity index (χ0) is 22.3. The van der Waals surface area contributed by atoms with Gasteiger partial charge in [0.05, 0.1) is 5.56 Å². The smallest absolute Gasteiger partial charge is 0.337 e. The monoisotopic (exact) mass is 442 g/mol. The molecule has 2 aromatic rings. The largest absolute Gasteiger partial charge is 0.478 e. The summed E-state index contributed by atoms with van der Waals surface area (Å²) in [7, 11) is 4.01. The lowest BCUT2D eigenvalue weighted by Gasteiger charge is -2.34. The molecule has 0 saturated carbocycles. The van der Waals surface area contributed by atoms with Gasteiger partial charge in [-0.2, -0.15) is 0 Å². The predicted molar refractivity (Wildman–Crippen MR) is 128 cm³/mol. The molecule has 1 aliphatic carbocycles. The van der Waals surface area contributed by atoms with Crippen LogP contribution in [0, 0.1) is 5.41 Å². The Kier molecular flexibility index (Phi) is 6.14. The SMILES string of the molecule is CN(N)Cc1cc(N2CCN(C)CC2)ccc1-c1sc2c(c1C(=O)O)CC(C)(C)CC2. The van der Waals surface area contributed by atoms with Crippen LogP contribution in [0.1, 0.15) is 46.6 Å². The van der Waals surface area contributed by atoms with Crippen LogP contribution in [0.15, 0.2) is 18.2 Å². The van der Waals surface area contributed by atoms with E-state index in [2.05, 4.69) is 48.9 Å². The molecule has 0 bridgehead atoms. The van der Waals surface area contributed by atoms with Crippen LogP contribution >= 0.6 is 11.3 Å². The summed E-state index contributed by atoms with van der Waals surface area (Å²) in [6, 6.07) is 6.47. The molecule has 0 radical (unpaired) electrons. The summed E-state index contributed by atoms with van der Waals surface area (Å²) in [5.41, 5.74) is 4.96. The van der Waals surface area contributed by atoms with Crippen LogP contribution in [0.25, 0.3) is 10.4 Å². The van der Waals surface area contributed by atoms with E-state index in [1.807, 2.05) is 7.05 Å². The van der Waals surface area contributed by atoms with E-state index in [0.717, 1.165) is 67.0 Å². The fourth-order valence-corrected chi connectivity index (χ4v) is 6.17. The van der Waals surface area contributed by atoms with Gasteiger partial charge < -0.3 is 14.9 Å². The fourth-order valence-electron chi connectivity index (χ4n) is 4.80. The van der Waals surface area contributed by atoms with Crippen LogP contribution in [-0.4, -0.2) is 61.3 Å². The molecule has 0 amide bonds. The van der Waals surface area contributed by atoms with Crippen molar-refractivity contribution in [1.29, 1.82) is 0 Å². The summed E-state index contributed by atoms with van der Waals surface area (Å²) in [6.07, 6.45) is 2.88. The van der Waals surface area contributed by atoms with Crippen LogP contribution in [0.2, 0.25) is 0 Å². The van der Waals surface area contributed by atoms with E-state index in [9.17, 15) is 9.90 Å². The molecule has 0 unspecified atom stereocenters. The molecule has 2 aliphatic rings. The maximum absolute atomic E-state index is 12.4. The Morgan fingerprint density at radius 2 is 1.97 bits per heavy atom. The highest BCUT2D eigenvalue weighted by Gasteiger charge is 2.33. The standard InChI is InChI=1S/C24H34N4O2S/c1-24(2)8-7-20-19(14-24)21(23(29)30)22(31-20)18-6-5-17(13-16(18)15-27(4)25)28-11-9-26(3)10-12-28/h5-6,13H,7-12,14-15,25H2,1-4H3,(H,29,30). The molecule has 31 heavy (non-hydrogen) atoms. The number of carbonyl (C=O) groups is 1. The van der Waals surface area contributed by atoms with Crippen molar-refractivity contribution in [3.63, 3.8) is 0 Å². The maximum Gasteiger partial charge on any atom is 0.337 e. The lowest BCUT2D eigenvalue weighted by molar-refractivity contribution is 0.0696. The molecular formula is C24H34N4O2S. The van der Waals surface area contributed by atoms with Gasteiger partial charge in [0.25, 0.3) is 0 Å². The van der Waals surface area contributed by atoms with E-state index >= 15 is 0 Å². The van der Waals surface area contributed by atoms with Crippen molar-refractivity contribution in [2.24, 2.45) is 11.3 Å². The van der Waals surface area contributed by atoms with Gasteiger partial charge in [-0.25, -0.2) is 9.80 Å². The molecule has 1 fully saturated rings. The van der Waals surface area contributed by atoms with Gasteiger partial charge in [-0.15, -0.1) is 11.3 Å². The van der Waals surface area contributed by atoms with Gasteiger partial charge in [0.1, 0.15) is 0 Å². The molecular weight excluding hydrogens is 408 g/mol. The van der Waals surface area contributed by atoms with Crippen LogP contribution in [-0.2, 0) is 19.4 Å². The van der Waals surface area contributed by atoms with Crippen molar-refractivity contribution in [2.75, 3.05) is 45.2 Å². The first-order valence-corrected chi connectivity index (χ1v) is 11.9. The van der Waals surface area contributed by atoms with E-state index < -0.39 is 5.97 Å². The second-order valence-corrected chi connectivity index (χ2v) is 11.0. The highest BCUT2D eigenvalue weighted by Crippen LogP contribution is 2.46. The van der Waals surface area contributed by atoms with E-state index in [1.165, 1.54) is 10.6 Å². The molecule has 1 saturated heterocycles. The second-order valence-electron chi connectivity index (χ2n) is 9.90. The molecule has 1 aromatic heterocycles. The van der Waals surface area contributed by atoms with Crippen molar-refractivity contribution in [3.8, 4) is 10.4 Å². The number of aromatic carboxylic acids is 1. The number of rotatable bonds is 5. The summed E-state index contributed by atoms with van der Waals surface area (Å²) >= 11 is 1.67. The number of carboxylic acid groups (broad SMARTS) is 1. The Bertz CT molecular complexity index is 974. The maximum atomic E-state index is 12.4. The minimum absolute atomic E-state index is 0.140. The van der Waals surface area contributed by atoms with Crippen molar-refractivity contribution in [1.82, 2.24) is 9.91 Å². The van der Waals surface area contributed by atoms with E-state index in [-0.39, 0.29) is 5.41 Å². The Labute approximate surface area is 189 Å². The minimum Gasteiger partial charge on any atom is -0.478 e. The van der Waals surface area contributed by atoms with E-state index in [0.29, 0.717) is 12.1 Å². The summed E-state index contributed by atoms with van der Waals surface area (Å²) < 4.78 is 0. The number of nitrogens with zero attached hydrogens (tertiary/aromatic N) is 3. The molecule has 0 spiro atoms. The number of anilines is 1. The normalized spacial score (nSPS) is 19.0. The number of aryl methyl sites for hydroxylation is 1. The van der Waals surface area contributed by atoms with Gasteiger partial charge in [-0.05, 0) is 60.5 Å². The van der Waals surface area contributed by atoms with Crippen LogP contribution < -0.4 is 10.7 Å². The summed E-state index contributed by atoms with van der Waals surface area (Å²) in [5.74, 6) is 5.23. The zero-order valence-electron chi connectivity index (χ0n) is 19.1. The van der Waals surface area contributed by atoms with Gasteiger partial charge >= 0.3 is 5.97 Å². The molecule has 3 N–H and O–H groups in total. The first-order valence-electron chi connectivity index (χ1n) is 11.0. The lowest BCUT2D eigenvalue weighted by atomic mass is 9.76. The number of thiophene rings is 1. The number of carboxylic acids is 1. The molecule has 2 heterocycles. The van der Waals surface area contributed by atoms with Crippen LogP contribution in [0.4, 0.5) is 5.69 Å². The highest BCUT2D eigenvalue weighted by molar-refractivity contribution is 7.16. The number of likely N-dealkylation sites (N-methyl/N-ethyl adjacent to an activating group) is 1. The molecule has 7 heteroatoms. The lowest BCUT2D eigenvalue weighted by Crippen LogP contribution is -2.44. The predicted octanol–water partition coefficient (Wildman–Crippen LogP) is 3.69. The molecule has 0 atom stereocenters. The van der Waals surface area contributed by atoms with E-state index in [4.69, 9.17) is 5.84 Å². The van der Waals surface area contributed by atoms with Crippen LogP contribution in [0.5, 0.6) is 0 Å². The Hall–Kier alpha value is -1.93. The van der Waals surface area contributed by atoms with Gasteiger partial charge in [0.15, 0.2) is 0 Å². The number of hydrogen-bond acceptors (Lipinski definition) is 6. The van der Waals surface area contributed by atoms with Gasteiger partial charge in [-0.1, -0.05) is 19.9 Å². The first-order chi connectivity index (χ1) is 14.6. The molecule has 1 aliphatic heterocycles. The van der Waals surface area contributed by atoms with E-state index in [1.54, 1.807) is 16.3 Å². The van der Waals surface area contributed by atoms with Crippen molar-refractivity contribution in [2.45, 2.75) is 39.7 Å². The third-order valence-electron chi connectivity index (χ3n) is 6.61. The van der Waals surface area contributed by atoms with Gasteiger partial charge in [0, 0.05) is 55.2 Å². The topological polar surface area (TPSA) is 73.0 Å².